The average Bonchev–Trinajstić information content (AvgIpc) is 2.65. The minimum Gasteiger partial charge on any atom is -0.394 e. The number of aliphatic hydroxyl groups is 2. The molecule has 0 aliphatic carbocycles. The molecule has 1 heterocycles. The Morgan fingerprint density at radius 2 is 1.67 bits per heavy atom. The topological polar surface area (TPSA) is 198 Å². The lowest BCUT2D eigenvalue weighted by atomic mass is 9.97. The van der Waals surface area contributed by atoms with Crippen LogP contribution in [0.3, 0.4) is 0 Å². The van der Waals surface area contributed by atoms with E-state index in [4.69, 9.17) is 19.3 Å². The van der Waals surface area contributed by atoms with Gasteiger partial charge < -0.3 is 24.4 Å². The Kier molecular flexibility index (Phi) is 9.07. The van der Waals surface area contributed by atoms with Crippen molar-refractivity contribution in [3.8, 4) is 0 Å². The summed E-state index contributed by atoms with van der Waals surface area (Å²) in [4.78, 5) is 0. The molecule has 0 unspecified atom stereocenters. The summed E-state index contributed by atoms with van der Waals surface area (Å²) in [7, 11) is -10.1. The second-order valence-electron chi connectivity index (χ2n) is 6.19. The summed E-state index contributed by atoms with van der Waals surface area (Å²) >= 11 is 0. The molecule has 1 saturated heterocycles. The Balaban J connectivity index is 2.38. The molecule has 2 rings (SSSR count). The molecule has 0 aromatic heterocycles. The first kappa shape index (κ1) is 25.0. The molecule has 0 saturated carbocycles. The molecule has 15 heteroatoms. The summed E-state index contributed by atoms with van der Waals surface area (Å²) in [5, 5.41) is 18.6. The minimum atomic E-state index is -5.14. The van der Waals surface area contributed by atoms with Crippen molar-refractivity contribution in [2.24, 2.45) is 0 Å². The van der Waals surface area contributed by atoms with Gasteiger partial charge in [0.15, 0.2) is 6.29 Å². The first-order chi connectivity index (χ1) is 14.0. The predicted molar refractivity (Wildman–Crippen MR) is 98.7 cm³/mol. The van der Waals surface area contributed by atoms with Gasteiger partial charge in [-0.25, -0.2) is 4.18 Å². The third-order valence-electron chi connectivity index (χ3n) is 4.00. The van der Waals surface area contributed by atoms with E-state index in [0.717, 1.165) is 0 Å². The summed E-state index contributed by atoms with van der Waals surface area (Å²) in [6.07, 6.45) is -6.13. The smallest absolute Gasteiger partial charge is 0.394 e. The van der Waals surface area contributed by atoms with Gasteiger partial charge in [-0.05, 0) is 5.56 Å². The van der Waals surface area contributed by atoms with Crippen LogP contribution < -0.4 is 4.72 Å². The molecule has 0 bridgehead atoms. The summed E-state index contributed by atoms with van der Waals surface area (Å²) in [5.74, 6) is 0. The largest absolute Gasteiger partial charge is 0.397 e. The number of ether oxygens (including phenoxy) is 3. The molecule has 1 aromatic rings. The van der Waals surface area contributed by atoms with Crippen molar-refractivity contribution in [2.75, 3.05) is 19.8 Å². The van der Waals surface area contributed by atoms with Crippen LogP contribution in [0.1, 0.15) is 5.56 Å². The van der Waals surface area contributed by atoms with Gasteiger partial charge in [-0.15, -0.1) is 0 Å². The van der Waals surface area contributed by atoms with Gasteiger partial charge in [-0.2, -0.15) is 21.6 Å². The van der Waals surface area contributed by atoms with E-state index in [1.54, 1.807) is 35.1 Å². The number of benzene rings is 1. The summed E-state index contributed by atoms with van der Waals surface area (Å²) in [6.45, 7) is -1.69. The molecular weight excluding hydrogens is 450 g/mol. The Hall–Kier alpha value is -1.24. The van der Waals surface area contributed by atoms with E-state index in [-0.39, 0.29) is 13.2 Å². The van der Waals surface area contributed by atoms with Crippen LogP contribution in [0.4, 0.5) is 0 Å². The maximum atomic E-state index is 11.4. The molecule has 13 nitrogen and oxygen atoms in total. The lowest BCUT2D eigenvalue weighted by Gasteiger charge is -2.44. The van der Waals surface area contributed by atoms with E-state index in [2.05, 4.69) is 4.18 Å². The van der Waals surface area contributed by atoms with Crippen molar-refractivity contribution in [3.63, 3.8) is 0 Å². The number of nitrogens with one attached hydrogen (secondary N) is 1. The van der Waals surface area contributed by atoms with E-state index in [1.165, 1.54) is 0 Å². The van der Waals surface area contributed by atoms with Crippen LogP contribution in [-0.2, 0) is 45.7 Å². The fourth-order valence-corrected chi connectivity index (χ4v) is 3.98. The Morgan fingerprint density at radius 1 is 1.00 bits per heavy atom. The van der Waals surface area contributed by atoms with Gasteiger partial charge >= 0.3 is 20.7 Å². The molecular formula is C15H23NO12S2. The number of hydrogen-bond acceptors (Lipinski definition) is 10. The second kappa shape index (κ2) is 10.9. The highest BCUT2D eigenvalue weighted by atomic mass is 32.3. The highest BCUT2D eigenvalue weighted by molar-refractivity contribution is 7.83. The quantitative estimate of drug-likeness (QED) is 0.227. The number of aliphatic hydroxyl groups excluding tert-OH is 2. The minimum absolute atomic E-state index is 0.114. The third kappa shape index (κ3) is 7.78. The highest BCUT2D eigenvalue weighted by Crippen LogP contribution is 2.29. The molecule has 1 aliphatic heterocycles. The first-order valence-electron chi connectivity index (χ1n) is 8.59. The third-order valence-corrected chi connectivity index (χ3v) is 5.04. The Morgan fingerprint density at radius 3 is 2.20 bits per heavy atom. The molecule has 1 aromatic carbocycles. The van der Waals surface area contributed by atoms with Crippen molar-refractivity contribution in [1.82, 2.24) is 4.72 Å². The van der Waals surface area contributed by atoms with Gasteiger partial charge in [0.25, 0.3) is 0 Å². The Labute approximate surface area is 173 Å². The van der Waals surface area contributed by atoms with Crippen LogP contribution in [0.15, 0.2) is 30.3 Å². The van der Waals surface area contributed by atoms with Crippen LogP contribution in [0, 0.1) is 0 Å². The summed E-state index contributed by atoms with van der Waals surface area (Å²) < 4.78 is 86.5. The van der Waals surface area contributed by atoms with Crippen molar-refractivity contribution in [3.05, 3.63) is 35.9 Å². The second-order valence-corrected chi connectivity index (χ2v) is 8.42. The fourth-order valence-electron chi connectivity index (χ4n) is 2.88. The zero-order valence-corrected chi connectivity index (χ0v) is 17.1. The summed E-state index contributed by atoms with van der Waals surface area (Å²) in [6, 6.07) is 6.83. The lowest BCUT2D eigenvalue weighted by molar-refractivity contribution is -0.275. The van der Waals surface area contributed by atoms with Crippen LogP contribution in [0.25, 0.3) is 0 Å². The highest BCUT2D eigenvalue weighted by Gasteiger charge is 2.51. The molecule has 0 radical (unpaired) electrons. The van der Waals surface area contributed by atoms with Gasteiger partial charge in [-0.1, -0.05) is 30.3 Å². The number of rotatable bonds is 11. The molecule has 5 N–H and O–H groups in total. The molecule has 0 amide bonds. The first-order valence-corrected chi connectivity index (χ1v) is 11.4. The Bertz CT molecular complexity index is 863. The molecule has 0 spiro atoms. The van der Waals surface area contributed by atoms with E-state index >= 15 is 0 Å². The van der Waals surface area contributed by atoms with Crippen LogP contribution in [0.5, 0.6) is 0 Å². The average molecular weight is 473 g/mol. The molecule has 5 atom stereocenters. The summed E-state index contributed by atoms with van der Waals surface area (Å²) in [5.41, 5.74) is 0.651. The zero-order valence-electron chi connectivity index (χ0n) is 15.5. The van der Waals surface area contributed by atoms with Crippen molar-refractivity contribution < 1.29 is 54.5 Å². The van der Waals surface area contributed by atoms with Gasteiger partial charge in [-0.3, -0.25) is 9.11 Å². The maximum absolute atomic E-state index is 11.4. The number of hydrogen-bond donors (Lipinski definition) is 5. The SMILES string of the molecule is O=S(=O)(O)N[C@H]1[C@@H](OCCO)O[C@H](CO)[C@@H](OCc2ccccc2)[C@@H]1OS(=O)(=O)O. The zero-order chi connectivity index (χ0) is 22.4. The standard InChI is InChI=1S/C15H23NO12S2/c17-6-7-25-15-12(16-29(19,20)21)14(28-30(22,23)24)13(11(8-18)27-15)26-9-10-4-2-1-3-5-10/h1-5,11-18H,6-9H2,(H,19,20,21)(H,22,23,24)/t11-,12-,13-,14-,15+/m1/s1. The fraction of sp³-hybridized carbons (Fsp3) is 0.600. The maximum Gasteiger partial charge on any atom is 0.397 e. The van der Waals surface area contributed by atoms with Crippen molar-refractivity contribution >= 4 is 20.7 Å². The van der Waals surface area contributed by atoms with Crippen LogP contribution in [0.2, 0.25) is 0 Å². The molecule has 1 aliphatic rings. The van der Waals surface area contributed by atoms with Crippen LogP contribution >= 0.6 is 0 Å². The van der Waals surface area contributed by atoms with Crippen molar-refractivity contribution in [1.29, 1.82) is 0 Å². The van der Waals surface area contributed by atoms with Crippen molar-refractivity contribution in [2.45, 2.75) is 37.3 Å². The lowest BCUT2D eigenvalue weighted by Crippen LogP contribution is -2.66. The van der Waals surface area contributed by atoms with Gasteiger partial charge in [0.05, 0.1) is 26.4 Å². The van der Waals surface area contributed by atoms with E-state index in [9.17, 15) is 31.0 Å². The van der Waals surface area contributed by atoms with Gasteiger partial charge in [0, 0.05) is 0 Å². The van der Waals surface area contributed by atoms with E-state index < -0.39 is 64.6 Å². The molecule has 30 heavy (non-hydrogen) atoms. The molecule has 172 valence electrons. The monoisotopic (exact) mass is 473 g/mol. The normalized spacial score (nSPS) is 27.8. The van der Waals surface area contributed by atoms with Gasteiger partial charge in [0.2, 0.25) is 0 Å². The van der Waals surface area contributed by atoms with Gasteiger partial charge in [0.1, 0.15) is 24.4 Å². The van der Waals surface area contributed by atoms with Crippen LogP contribution in [-0.4, -0.2) is 86.6 Å². The molecule has 1 fully saturated rings. The van der Waals surface area contributed by atoms with E-state index in [1.807, 2.05) is 0 Å². The predicted octanol–water partition coefficient (Wildman–Crippen LogP) is -1.75. The van der Waals surface area contributed by atoms with E-state index in [0.29, 0.717) is 5.56 Å².